The molecule has 3 amide bonds. The Hall–Kier alpha value is -1.91. The second-order valence-electron chi connectivity index (χ2n) is 7.94. The summed E-state index contributed by atoms with van der Waals surface area (Å²) < 4.78 is 7.46. The van der Waals surface area contributed by atoms with Crippen molar-refractivity contribution in [3.05, 3.63) is 20.8 Å². The number of amides is 3. The van der Waals surface area contributed by atoms with E-state index in [1.165, 1.54) is 16.6 Å². The summed E-state index contributed by atoms with van der Waals surface area (Å²) in [5, 5.41) is 5.54. The van der Waals surface area contributed by atoms with E-state index in [0.717, 1.165) is 54.3 Å². The monoisotopic (exact) mass is 464 g/mol. The lowest BCUT2D eigenvalue weighted by Gasteiger charge is -2.18. The van der Waals surface area contributed by atoms with Crippen LogP contribution < -0.4 is 16.2 Å². The Morgan fingerprint density at radius 1 is 1.32 bits per heavy atom. The van der Waals surface area contributed by atoms with Gasteiger partial charge in [-0.15, -0.1) is 11.3 Å². The van der Waals surface area contributed by atoms with E-state index in [4.69, 9.17) is 9.72 Å². The summed E-state index contributed by atoms with van der Waals surface area (Å²) in [6.45, 7) is 5.07. The standard InChI is InChI=1S/C21H28N4O4S2/c1-3-22-20(28)23-17(26)12(2)30-21-24-18-16(14-8-4-5-9-15(14)31-18)19(27)25(21)11-13-7-6-10-29-13/h12-13H,3-11H2,1-2H3,(H2,22,23,26,28). The third-order valence-corrected chi connectivity index (χ3v) is 7.95. The highest BCUT2D eigenvalue weighted by Gasteiger charge is 2.27. The molecule has 4 rings (SSSR count). The van der Waals surface area contributed by atoms with E-state index in [9.17, 15) is 14.4 Å². The normalized spacial score (nSPS) is 19.2. The lowest BCUT2D eigenvalue weighted by Crippen LogP contribution is -2.42. The fourth-order valence-corrected chi connectivity index (χ4v) is 6.31. The predicted octanol–water partition coefficient (Wildman–Crippen LogP) is 2.84. The Labute approximate surface area is 189 Å². The highest BCUT2D eigenvalue weighted by atomic mass is 32.2. The first kappa shape index (κ1) is 22.3. The highest BCUT2D eigenvalue weighted by molar-refractivity contribution is 8.00. The number of fused-ring (bicyclic) bond motifs is 3. The molecular formula is C21H28N4O4S2. The number of nitrogens with one attached hydrogen (secondary N) is 2. The molecule has 1 aliphatic carbocycles. The molecule has 31 heavy (non-hydrogen) atoms. The number of nitrogens with zero attached hydrogens (tertiary/aromatic N) is 2. The maximum absolute atomic E-state index is 13.6. The summed E-state index contributed by atoms with van der Waals surface area (Å²) >= 11 is 2.81. The number of thiophene rings is 1. The second-order valence-corrected chi connectivity index (χ2v) is 10.3. The number of carbonyl (C=O) groups excluding carboxylic acids is 2. The topological polar surface area (TPSA) is 102 Å². The van der Waals surface area contributed by atoms with Crippen molar-refractivity contribution >= 4 is 45.3 Å². The zero-order valence-corrected chi connectivity index (χ0v) is 19.5. The van der Waals surface area contributed by atoms with Crippen LogP contribution in [0.25, 0.3) is 10.2 Å². The van der Waals surface area contributed by atoms with Crippen molar-refractivity contribution in [3.63, 3.8) is 0 Å². The third-order valence-electron chi connectivity index (χ3n) is 5.68. The van der Waals surface area contributed by atoms with Gasteiger partial charge < -0.3 is 10.1 Å². The molecule has 0 saturated carbocycles. The largest absolute Gasteiger partial charge is 0.376 e. The minimum atomic E-state index is -0.586. The summed E-state index contributed by atoms with van der Waals surface area (Å²) in [5.41, 5.74) is 1.11. The van der Waals surface area contributed by atoms with Gasteiger partial charge >= 0.3 is 6.03 Å². The molecule has 10 heteroatoms. The van der Waals surface area contributed by atoms with Crippen molar-refractivity contribution in [2.75, 3.05) is 13.2 Å². The van der Waals surface area contributed by atoms with E-state index < -0.39 is 17.2 Å². The molecule has 0 aromatic carbocycles. The van der Waals surface area contributed by atoms with Crippen LogP contribution in [0.5, 0.6) is 0 Å². The number of hydrogen-bond acceptors (Lipinski definition) is 7. The smallest absolute Gasteiger partial charge is 0.321 e. The fourth-order valence-electron chi connectivity index (χ4n) is 4.09. The highest BCUT2D eigenvalue weighted by Crippen LogP contribution is 2.35. The number of hydrogen-bond donors (Lipinski definition) is 2. The number of carbonyl (C=O) groups is 2. The van der Waals surface area contributed by atoms with Crippen molar-refractivity contribution in [1.82, 2.24) is 20.2 Å². The molecular weight excluding hydrogens is 436 g/mol. The summed E-state index contributed by atoms with van der Waals surface area (Å²) in [6, 6.07) is -0.522. The van der Waals surface area contributed by atoms with Gasteiger partial charge in [-0.25, -0.2) is 9.78 Å². The van der Waals surface area contributed by atoms with Gasteiger partial charge in [-0.05, 0) is 57.9 Å². The molecule has 1 fully saturated rings. The third kappa shape index (κ3) is 4.80. The maximum Gasteiger partial charge on any atom is 0.321 e. The SMILES string of the molecule is CCNC(=O)NC(=O)C(C)Sc1nc2sc3c(c2c(=O)n1CC1CCCO1)CCCC3. The number of aromatic nitrogens is 2. The summed E-state index contributed by atoms with van der Waals surface area (Å²) in [5.74, 6) is -0.417. The first-order valence-electron chi connectivity index (χ1n) is 10.9. The average molecular weight is 465 g/mol. The lowest BCUT2D eigenvalue weighted by molar-refractivity contribution is -0.119. The summed E-state index contributed by atoms with van der Waals surface area (Å²) in [6.07, 6.45) is 6.02. The number of aryl methyl sites for hydroxylation is 2. The molecule has 8 nitrogen and oxygen atoms in total. The van der Waals surface area contributed by atoms with Crippen molar-refractivity contribution in [2.24, 2.45) is 0 Å². The first-order chi connectivity index (χ1) is 15.0. The van der Waals surface area contributed by atoms with Gasteiger partial charge in [0, 0.05) is 18.0 Å². The zero-order valence-electron chi connectivity index (χ0n) is 17.9. The Bertz CT molecular complexity index is 1040. The molecule has 0 radical (unpaired) electrons. The molecule has 0 bridgehead atoms. The van der Waals surface area contributed by atoms with Gasteiger partial charge in [0.1, 0.15) is 4.83 Å². The van der Waals surface area contributed by atoms with Crippen LogP contribution in [0.15, 0.2) is 9.95 Å². The first-order valence-corrected chi connectivity index (χ1v) is 12.6. The quantitative estimate of drug-likeness (QED) is 0.503. The Morgan fingerprint density at radius 3 is 2.87 bits per heavy atom. The molecule has 2 N–H and O–H groups in total. The predicted molar refractivity (Wildman–Crippen MR) is 122 cm³/mol. The molecule has 168 valence electrons. The van der Waals surface area contributed by atoms with Crippen molar-refractivity contribution in [3.8, 4) is 0 Å². The van der Waals surface area contributed by atoms with Gasteiger partial charge in [-0.3, -0.25) is 19.5 Å². The number of rotatable bonds is 6. The van der Waals surface area contributed by atoms with Crippen LogP contribution in [0.1, 0.15) is 50.0 Å². The van der Waals surface area contributed by atoms with Gasteiger partial charge in [0.15, 0.2) is 5.16 Å². The van der Waals surface area contributed by atoms with Crippen molar-refractivity contribution < 1.29 is 14.3 Å². The number of ether oxygens (including phenoxy) is 1. The van der Waals surface area contributed by atoms with E-state index in [-0.39, 0.29) is 11.7 Å². The fraction of sp³-hybridized carbons (Fsp3) is 0.619. The average Bonchev–Trinajstić information content (AvgIpc) is 3.38. The minimum Gasteiger partial charge on any atom is -0.376 e. The van der Waals surface area contributed by atoms with Crippen LogP contribution in [-0.4, -0.2) is 46.0 Å². The molecule has 2 aliphatic rings. The van der Waals surface area contributed by atoms with Crippen LogP contribution >= 0.6 is 23.1 Å². The van der Waals surface area contributed by atoms with Crippen molar-refractivity contribution in [1.29, 1.82) is 0 Å². The van der Waals surface area contributed by atoms with Gasteiger partial charge in [0.25, 0.3) is 5.56 Å². The minimum absolute atomic E-state index is 0.0229. The molecule has 0 spiro atoms. The summed E-state index contributed by atoms with van der Waals surface area (Å²) in [4.78, 5) is 44.6. The Kier molecular flexibility index (Phi) is 6.98. The molecule has 2 unspecified atom stereocenters. The molecule has 1 saturated heterocycles. The van der Waals surface area contributed by atoms with Crippen LogP contribution in [-0.2, 0) is 28.9 Å². The van der Waals surface area contributed by atoms with Gasteiger partial charge in [0.05, 0.1) is 23.3 Å². The van der Waals surface area contributed by atoms with Gasteiger partial charge in [-0.2, -0.15) is 0 Å². The molecule has 2 atom stereocenters. The van der Waals surface area contributed by atoms with E-state index >= 15 is 0 Å². The van der Waals surface area contributed by atoms with Crippen LogP contribution in [0.3, 0.4) is 0 Å². The van der Waals surface area contributed by atoms with Crippen LogP contribution in [0.4, 0.5) is 4.79 Å². The van der Waals surface area contributed by atoms with E-state index in [1.807, 2.05) is 0 Å². The van der Waals surface area contributed by atoms with E-state index in [1.54, 1.807) is 29.8 Å². The van der Waals surface area contributed by atoms with E-state index in [0.29, 0.717) is 24.9 Å². The number of imide groups is 1. The van der Waals surface area contributed by atoms with Crippen LogP contribution in [0.2, 0.25) is 0 Å². The molecule has 2 aromatic heterocycles. The number of thioether (sulfide) groups is 1. The lowest BCUT2D eigenvalue weighted by atomic mass is 9.97. The molecule has 2 aromatic rings. The Balaban J connectivity index is 1.68. The number of urea groups is 1. The second kappa shape index (κ2) is 9.70. The van der Waals surface area contributed by atoms with Crippen LogP contribution in [0, 0.1) is 0 Å². The molecule has 1 aliphatic heterocycles. The zero-order chi connectivity index (χ0) is 22.0. The van der Waals surface area contributed by atoms with Crippen molar-refractivity contribution in [2.45, 2.75) is 75.4 Å². The van der Waals surface area contributed by atoms with Gasteiger partial charge in [0.2, 0.25) is 5.91 Å². The summed E-state index contributed by atoms with van der Waals surface area (Å²) in [7, 11) is 0. The Morgan fingerprint density at radius 2 is 2.13 bits per heavy atom. The maximum atomic E-state index is 13.6. The molecule has 3 heterocycles. The van der Waals surface area contributed by atoms with Gasteiger partial charge in [-0.1, -0.05) is 11.8 Å². The van der Waals surface area contributed by atoms with E-state index in [2.05, 4.69) is 10.6 Å².